The standard InChI is InChI=1S/C24H41N3O12/c1-11-17(31)18(32)19(33)22(37-11)38-15-8-6-5-7-12(15)25-21(35)14(10-28)26-20(34)13(9-16(29)30)27-23(36)39-24(2,3)4/h11-15,17-19,22,28,31-33H,5-10H2,1-4H3,(H,25,35)(H,26,34)(H,27,36)(H,29,30)/t11-,12+,13-,14-,15+,17+,18+,19-,22-/m0/s1. The Labute approximate surface area is 226 Å². The number of alkyl carbamates (subject to hydrolysis) is 1. The third-order valence-corrected chi connectivity index (χ3v) is 6.35. The van der Waals surface area contributed by atoms with Crippen molar-refractivity contribution in [3.05, 3.63) is 0 Å². The molecular formula is C24H41N3O12. The molecule has 0 aromatic heterocycles. The first kappa shape index (κ1) is 32.7. The Morgan fingerprint density at radius 1 is 0.949 bits per heavy atom. The van der Waals surface area contributed by atoms with Crippen molar-refractivity contribution in [1.82, 2.24) is 16.0 Å². The lowest BCUT2D eigenvalue weighted by atomic mass is 9.91. The normalized spacial score (nSPS) is 30.9. The molecule has 1 aliphatic heterocycles. The fraction of sp³-hybridized carbons (Fsp3) is 0.833. The summed E-state index contributed by atoms with van der Waals surface area (Å²) in [6.45, 7) is 5.44. The van der Waals surface area contributed by atoms with Crippen LogP contribution in [0.4, 0.5) is 4.79 Å². The Balaban J connectivity index is 2.04. The van der Waals surface area contributed by atoms with Crippen LogP contribution in [0.1, 0.15) is 59.8 Å². The van der Waals surface area contributed by atoms with E-state index in [0.29, 0.717) is 12.8 Å². The summed E-state index contributed by atoms with van der Waals surface area (Å²) in [4.78, 5) is 49.0. The number of aliphatic hydroxyl groups is 4. The van der Waals surface area contributed by atoms with E-state index in [1.54, 1.807) is 20.8 Å². The number of nitrogens with one attached hydrogen (secondary N) is 3. The van der Waals surface area contributed by atoms with Gasteiger partial charge in [-0.1, -0.05) is 12.8 Å². The molecule has 1 aliphatic carbocycles. The van der Waals surface area contributed by atoms with Crippen LogP contribution in [0.2, 0.25) is 0 Å². The number of carbonyl (C=O) groups excluding carboxylic acids is 3. The molecule has 0 aromatic carbocycles. The van der Waals surface area contributed by atoms with Crippen LogP contribution in [-0.2, 0) is 28.6 Å². The highest BCUT2D eigenvalue weighted by molar-refractivity contribution is 5.93. The predicted molar refractivity (Wildman–Crippen MR) is 132 cm³/mol. The monoisotopic (exact) mass is 563 g/mol. The van der Waals surface area contributed by atoms with Gasteiger partial charge in [0.2, 0.25) is 11.8 Å². The van der Waals surface area contributed by atoms with Crippen molar-refractivity contribution in [3.8, 4) is 0 Å². The molecule has 15 nitrogen and oxygen atoms in total. The van der Waals surface area contributed by atoms with Gasteiger partial charge in [-0.05, 0) is 40.5 Å². The molecular weight excluding hydrogens is 522 g/mol. The number of carboxylic acids is 1. The summed E-state index contributed by atoms with van der Waals surface area (Å²) >= 11 is 0. The number of ether oxygens (including phenoxy) is 3. The third-order valence-electron chi connectivity index (χ3n) is 6.35. The Bertz CT molecular complexity index is 866. The number of carbonyl (C=O) groups is 4. The molecule has 3 amide bonds. The van der Waals surface area contributed by atoms with Crippen LogP contribution in [0, 0.1) is 0 Å². The molecule has 2 aliphatic rings. The zero-order valence-electron chi connectivity index (χ0n) is 22.5. The number of hydrogen-bond donors (Lipinski definition) is 8. The summed E-state index contributed by atoms with van der Waals surface area (Å²) in [6.07, 6.45) is -6.46. The fourth-order valence-corrected chi connectivity index (χ4v) is 4.31. The molecule has 0 radical (unpaired) electrons. The molecule has 0 spiro atoms. The first-order valence-electron chi connectivity index (χ1n) is 12.9. The van der Waals surface area contributed by atoms with Gasteiger partial charge in [0.25, 0.3) is 0 Å². The van der Waals surface area contributed by atoms with Crippen molar-refractivity contribution >= 4 is 23.9 Å². The average Bonchev–Trinajstić information content (AvgIpc) is 2.83. The first-order valence-corrected chi connectivity index (χ1v) is 12.9. The maximum atomic E-state index is 13.0. The average molecular weight is 564 g/mol. The topological polar surface area (TPSA) is 233 Å². The lowest BCUT2D eigenvalue weighted by Crippen LogP contribution is -2.60. The first-order chi connectivity index (χ1) is 18.1. The number of aliphatic hydroxyl groups excluding tert-OH is 4. The summed E-state index contributed by atoms with van der Waals surface area (Å²) < 4.78 is 16.4. The lowest BCUT2D eigenvalue weighted by Gasteiger charge is -2.42. The molecule has 1 saturated carbocycles. The van der Waals surface area contributed by atoms with Crippen LogP contribution in [0.5, 0.6) is 0 Å². The smallest absolute Gasteiger partial charge is 0.408 e. The van der Waals surface area contributed by atoms with Crippen molar-refractivity contribution < 1.29 is 58.9 Å². The van der Waals surface area contributed by atoms with Gasteiger partial charge >= 0.3 is 12.1 Å². The van der Waals surface area contributed by atoms with E-state index in [0.717, 1.165) is 12.8 Å². The van der Waals surface area contributed by atoms with Gasteiger partial charge in [-0.25, -0.2) is 4.79 Å². The van der Waals surface area contributed by atoms with Gasteiger partial charge in [-0.2, -0.15) is 0 Å². The van der Waals surface area contributed by atoms with Crippen LogP contribution in [-0.4, -0.2) is 117 Å². The van der Waals surface area contributed by atoms with Crippen LogP contribution < -0.4 is 16.0 Å². The number of hydrogen-bond acceptors (Lipinski definition) is 11. The second kappa shape index (κ2) is 14.2. The van der Waals surface area contributed by atoms with Crippen LogP contribution >= 0.6 is 0 Å². The highest BCUT2D eigenvalue weighted by atomic mass is 16.7. The molecule has 0 unspecified atom stereocenters. The van der Waals surface area contributed by atoms with E-state index in [1.165, 1.54) is 6.92 Å². The van der Waals surface area contributed by atoms with Crippen LogP contribution in [0.15, 0.2) is 0 Å². The molecule has 15 heteroatoms. The zero-order valence-corrected chi connectivity index (χ0v) is 22.5. The summed E-state index contributed by atoms with van der Waals surface area (Å²) in [5.74, 6) is -3.20. The minimum atomic E-state index is -1.58. The minimum Gasteiger partial charge on any atom is -0.481 e. The van der Waals surface area contributed by atoms with Crippen molar-refractivity contribution in [3.63, 3.8) is 0 Å². The quantitative estimate of drug-likeness (QED) is 0.146. The molecule has 2 rings (SSSR count). The lowest BCUT2D eigenvalue weighted by molar-refractivity contribution is -0.307. The van der Waals surface area contributed by atoms with Gasteiger partial charge in [0.1, 0.15) is 36.0 Å². The van der Waals surface area contributed by atoms with Gasteiger partial charge < -0.3 is 55.7 Å². The molecule has 1 saturated heterocycles. The minimum absolute atomic E-state index is 0.466. The highest BCUT2D eigenvalue weighted by Gasteiger charge is 2.44. The second-order valence-corrected chi connectivity index (χ2v) is 10.8. The number of aliphatic carboxylic acids is 1. The summed E-state index contributed by atoms with van der Waals surface area (Å²) in [5, 5.41) is 56.3. The number of carboxylic acid groups (broad SMARTS) is 1. The van der Waals surface area contributed by atoms with E-state index in [1.807, 2.05) is 0 Å². The highest BCUT2D eigenvalue weighted by Crippen LogP contribution is 2.28. The van der Waals surface area contributed by atoms with Gasteiger partial charge in [-0.3, -0.25) is 14.4 Å². The van der Waals surface area contributed by atoms with Crippen molar-refractivity contribution in [2.24, 2.45) is 0 Å². The van der Waals surface area contributed by atoms with Crippen LogP contribution in [0.3, 0.4) is 0 Å². The summed E-state index contributed by atoms with van der Waals surface area (Å²) in [6, 6.07) is -3.68. The molecule has 0 bridgehead atoms. The van der Waals surface area contributed by atoms with E-state index >= 15 is 0 Å². The molecule has 39 heavy (non-hydrogen) atoms. The van der Waals surface area contributed by atoms with E-state index in [4.69, 9.17) is 19.3 Å². The molecule has 224 valence electrons. The molecule has 2 fully saturated rings. The molecule has 8 N–H and O–H groups in total. The Morgan fingerprint density at radius 2 is 1.59 bits per heavy atom. The molecule has 1 heterocycles. The Morgan fingerprint density at radius 3 is 2.18 bits per heavy atom. The van der Waals surface area contributed by atoms with Gasteiger partial charge in [0.05, 0.1) is 31.3 Å². The maximum Gasteiger partial charge on any atom is 0.408 e. The van der Waals surface area contributed by atoms with Gasteiger partial charge in [0.15, 0.2) is 6.29 Å². The number of rotatable bonds is 10. The summed E-state index contributed by atoms with van der Waals surface area (Å²) in [5.41, 5.74) is -0.908. The SMILES string of the molecule is C[C@@H]1O[C@@H](O[C@@H]2CCCC[C@H]2NC(=O)[C@H](CO)NC(=O)[C@H](CC(=O)O)NC(=O)OC(C)(C)C)[C@@H](O)[C@H](O)[C@@H]1O. The molecule has 9 atom stereocenters. The fourth-order valence-electron chi connectivity index (χ4n) is 4.31. The van der Waals surface area contributed by atoms with E-state index in [2.05, 4.69) is 16.0 Å². The van der Waals surface area contributed by atoms with Gasteiger partial charge in [0, 0.05) is 0 Å². The third kappa shape index (κ3) is 9.85. The number of amides is 3. The van der Waals surface area contributed by atoms with Crippen molar-refractivity contribution in [2.45, 2.75) is 120 Å². The van der Waals surface area contributed by atoms with E-state index in [9.17, 15) is 39.6 Å². The molecule has 0 aromatic rings. The largest absolute Gasteiger partial charge is 0.481 e. The van der Waals surface area contributed by atoms with Crippen LogP contribution in [0.25, 0.3) is 0 Å². The van der Waals surface area contributed by atoms with E-state index in [-0.39, 0.29) is 0 Å². The maximum absolute atomic E-state index is 13.0. The zero-order chi connectivity index (χ0) is 29.5. The Hall–Kier alpha value is -2.56. The van der Waals surface area contributed by atoms with E-state index < -0.39 is 97.4 Å². The summed E-state index contributed by atoms with van der Waals surface area (Å²) in [7, 11) is 0. The predicted octanol–water partition coefficient (Wildman–Crippen LogP) is -1.90. The second-order valence-electron chi connectivity index (χ2n) is 10.8. The Kier molecular flexibility index (Phi) is 11.9. The van der Waals surface area contributed by atoms with Gasteiger partial charge in [-0.15, -0.1) is 0 Å². The van der Waals surface area contributed by atoms with Crippen molar-refractivity contribution in [2.75, 3.05) is 6.61 Å². The van der Waals surface area contributed by atoms with Crippen molar-refractivity contribution in [1.29, 1.82) is 0 Å².